The molecule has 0 saturated carbocycles. The SMILES string of the molecule is CCc1nn(C)cc1Nc1nc(Cl)nc(OC)n1. The van der Waals surface area contributed by atoms with Gasteiger partial charge in [-0.1, -0.05) is 6.92 Å². The summed E-state index contributed by atoms with van der Waals surface area (Å²) < 4.78 is 6.65. The van der Waals surface area contributed by atoms with Crippen LogP contribution in [0.5, 0.6) is 6.01 Å². The van der Waals surface area contributed by atoms with Crippen molar-refractivity contribution in [1.29, 1.82) is 0 Å². The van der Waals surface area contributed by atoms with Crippen LogP contribution in [0.2, 0.25) is 5.28 Å². The number of aryl methyl sites for hydroxylation is 2. The minimum atomic E-state index is 0.0753. The van der Waals surface area contributed by atoms with E-state index in [1.807, 2.05) is 20.2 Å². The molecule has 0 bridgehead atoms. The molecule has 18 heavy (non-hydrogen) atoms. The van der Waals surface area contributed by atoms with Crippen molar-refractivity contribution in [3.8, 4) is 6.01 Å². The molecule has 0 aliphatic carbocycles. The van der Waals surface area contributed by atoms with Gasteiger partial charge in [-0.15, -0.1) is 0 Å². The fourth-order valence-corrected chi connectivity index (χ4v) is 1.65. The van der Waals surface area contributed by atoms with Crippen LogP contribution in [0.3, 0.4) is 0 Å². The van der Waals surface area contributed by atoms with Crippen molar-refractivity contribution in [2.75, 3.05) is 12.4 Å². The third-order valence-electron chi connectivity index (χ3n) is 2.26. The van der Waals surface area contributed by atoms with Crippen LogP contribution in [0.25, 0.3) is 0 Å². The first-order valence-electron chi connectivity index (χ1n) is 5.37. The lowest BCUT2D eigenvalue weighted by Crippen LogP contribution is -2.02. The second-order valence-corrected chi connectivity index (χ2v) is 3.89. The predicted molar refractivity (Wildman–Crippen MR) is 67.3 cm³/mol. The Bertz CT molecular complexity index is 555. The number of nitrogens with one attached hydrogen (secondary N) is 1. The normalized spacial score (nSPS) is 10.4. The molecule has 0 aliphatic heterocycles. The van der Waals surface area contributed by atoms with Crippen LogP contribution in [-0.4, -0.2) is 31.8 Å². The quantitative estimate of drug-likeness (QED) is 0.907. The van der Waals surface area contributed by atoms with E-state index in [4.69, 9.17) is 16.3 Å². The van der Waals surface area contributed by atoms with Gasteiger partial charge in [-0.05, 0) is 18.0 Å². The lowest BCUT2D eigenvalue weighted by Gasteiger charge is -2.05. The average Bonchev–Trinajstić information content (AvgIpc) is 2.68. The minimum Gasteiger partial charge on any atom is -0.467 e. The molecule has 0 radical (unpaired) electrons. The molecule has 7 nitrogen and oxygen atoms in total. The Kier molecular flexibility index (Phi) is 3.61. The highest BCUT2D eigenvalue weighted by Crippen LogP contribution is 2.19. The van der Waals surface area contributed by atoms with Crippen molar-refractivity contribution in [2.45, 2.75) is 13.3 Å². The first-order chi connectivity index (χ1) is 8.62. The molecule has 1 N–H and O–H groups in total. The van der Waals surface area contributed by atoms with E-state index in [2.05, 4.69) is 25.4 Å². The summed E-state index contributed by atoms with van der Waals surface area (Å²) in [6, 6.07) is 0.166. The van der Waals surface area contributed by atoms with E-state index in [0.29, 0.717) is 5.95 Å². The van der Waals surface area contributed by atoms with E-state index in [1.54, 1.807) is 4.68 Å². The molecule has 0 amide bonds. The van der Waals surface area contributed by atoms with Gasteiger partial charge in [0.25, 0.3) is 0 Å². The monoisotopic (exact) mass is 268 g/mol. The van der Waals surface area contributed by atoms with E-state index in [1.165, 1.54) is 7.11 Å². The van der Waals surface area contributed by atoms with Gasteiger partial charge in [0.2, 0.25) is 11.2 Å². The van der Waals surface area contributed by atoms with Gasteiger partial charge in [0, 0.05) is 13.2 Å². The second-order valence-electron chi connectivity index (χ2n) is 3.56. The fourth-order valence-electron chi connectivity index (χ4n) is 1.50. The molecule has 2 rings (SSSR count). The number of methoxy groups -OCH3 is 1. The van der Waals surface area contributed by atoms with Gasteiger partial charge in [0.15, 0.2) is 0 Å². The van der Waals surface area contributed by atoms with E-state index in [9.17, 15) is 0 Å². The Labute approximate surface area is 109 Å². The third-order valence-corrected chi connectivity index (χ3v) is 2.43. The van der Waals surface area contributed by atoms with Crippen LogP contribution in [0.1, 0.15) is 12.6 Å². The Hall–Kier alpha value is -1.89. The third kappa shape index (κ3) is 2.67. The zero-order chi connectivity index (χ0) is 13.1. The van der Waals surface area contributed by atoms with Crippen LogP contribution in [0.4, 0.5) is 11.6 Å². The van der Waals surface area contributed by atoms with E-state index < -0.39 is 0 Å². The van der Waals surface area contributed by atoms with Crippen molar-refractivity contribution in [2.24, 2.45) is 7.05 Å². The number of hydrogen-bond donors (Lipinski definition) is 1. The van der Waals surface area contributed by atoms with E-state index in [-0.39, 0.29) is 11.3 Å². The van der Waals surface area contributed by atoms with Crippen LogP contribution in [0.15, 0.2) is 6.20 Å². The molecule has 0 unspecified atom stereocenters. The van der Waals surface area contributed by atoms with Gasteiger partial charge >= 0.3 is 6.01 Å². The summed E-state index contributed by atoms with van der Waals surface area (Å²) in [6.45, 7) is 2.02. The summed E-state index contributed by atoms with van der Waals surface area (Å²) in [7, 11) is 3.32. The molecule has 2 heterocycles. The summed E-state index contributed by atoms with van der Waals surface area (Å²) in [6.07, 6.45) is 2.65. The zero-order valence-electron chi connectivity index (χ0n) is 10.3. The number of halogens is 1. The summed E-state index contributed by atoms with van der Waals surface area (Å²) in [4.78, 5) is 11.8. The molecule has 2 aromatic heterocycles. The smallest absolute Gasteiger partial charge is 0.322 e. The van der Waals surface area contributed by atoms with Crippen LogP contribution in [-0.2, 0) is 13.5 Å². The predicted octanol–water partition coefficient (Wildman–Crippen LogP) is 1.57. The van der Waals surface area contributed by atoms with Gasteiger partial charge in [-0.25, -0.2) is 0 Å². The fraction of sp³-hybridized carbons (Fsp3) is 0.400. The van der Waals surface area contributed by atoms with Gasteiger partial charge in [-0.3, -0.25) is 4.68 Å². The molecule has 0 aliphatic rings. The number of rotatable bonds is 4. The largest absolute Gasteiger partial charge is 0.467 e. The molecule has 0 fully saturated rings. The maximum Gasteiger partial charge on any atom is 0.322 e. The van der Waals surface area contributed by atoms with Crippen LogP contribution in [0, 0.1) is 0 Å². The maximum absolute atomic E-state index is 5.77. The van der Waals surface area contributed by atoms with E-state index in [0.717, 1.165) is 17.8 Å². The van der Waals surface area contributed by atoms with E-state index >= 15 is 0 Å². The number of hydrogen-bond acceptors (Lipinski definition) is 6. The Balaban J connectivity index is 2.30. The van der Waals surface area contributed by atoms with Crippen molar-refractivity contribution in [3.63, 3.8) is 0 Å². The zero-order valence-corrected chi connectivity index (χ0v) is 11.1. The molecule has 0 atom stereocenters. The van der Waals surface area contributed by atoms with Gasteiger partial charge in [0.05, 0.1) is 18.5 Å². The first-order valence-corrected chi connectivity index (χ1v) is 5.75. The number of anilines is 2. The van der Waals surface area contributed by atoms with Gasteiger partial charge in [-0.2, -0.15) is 20.1 Å². The highest BCUT2D eigenvalue weighted by atomic mass is 35.5. The first kappa shape index (κ1) is 12.6. The average molecular weight is 269 g/mol. The minimum absolute atomic E-state index is 0.0753. The van der Waals surface area contributed by atoms with Crippen molar-refractivity contribution in [3.05, 3.63) is 17.2 Å². The van der Waals surface area contributed by atoms with Crippen molar-refractivity contribution >= 4 is 23.2 Å². The van der Waals surface area contributed by atoms with Gasteiger partial charge in [0.1, 0.15) is 0 Å². The highest BCUT2D eigenvalue weighted by Gasteiger charge is 2.10. The lowest BCUT2D eigenvalue weighted by atomic mass is 10.3. The lowest BCUT2D eigenvalue weighted by molar-refractivity contribution is 0.379. The Morgan fingerprint density at radius 3 is 2.83 bits per heavy atom. The summed E-state index contributed by atoms with van der Waals surface area (Å²) in [5.74, 6) is 0.328. The number of nitrogens with zero attached hydrogens (tertiary/aromatic N) is 5. The Morgan fingerprint density at radius 1 is 1.39 bits per heavy atom. The van der Waals surface area contributed by atoms with Crippen molar-refractivity contribution in [1.82, 2.24) is 24.7 Å². The number of ether oxygens (including phenoxy) is 1. The second kappa shape index (κ2) is 5.18. The van der Waals surface area contributed by atoms with Crippen molar-refractivity contribution < 1.29 is 4.74 Å². The molecule has 0 spiro atoms. The van der Waals surface area contributed by atoms with Gasteiger partial charge < -0.3 is 10.1 Å². The maximum atomic E-state index is 5.77. The summed E-state index contributed by atoms with van der Waals surface area (Å²) >= 11 is 5.77. The topological polar surface area (TPSA) is 77.8 Å². The summed E-state index contributed by atoms with van der Waals surface area (Å²) in [5, 5.41) is 7.43. The Morgan fingerprint density at radius 2 is 2.17 bits per heavy atom. The molecule has 0 aromatic carbocycles. The standard InChI is InChI=1S/C10H13ClN6O/c1-4-6-7(5-17(2)16-6)12-9-13-8(11)14-10(15-9)18-3/h5H,4H2,1-3H3,(H,12,13,14,15). The summed E-state index contributed by atoms with van der Waals surface area (Å²) in [5.41, 5.74) is 1.76. The molecular weight excluding hydrogens is 256 g/mol. The number of aromatic nitrogens is 5. The molecule has 2 aromatic rings. The van der Waals surface area contributed by atoms with Crippen LogP contribution < -0.4 is 10.1 Å². The molecule has 0 saturated heterocycles. The van der Waals surface area contributed by atoms with Crippen LogP contribution >= 0.6 is 11.6 Å². The highest BCUT2D eigenvalue weighted by molar-refractivity contribution is 6.28. The molecule has 8 heteroatoms. The molecular formula is C10H13ClN6O. The molecule has 96 valence electrons.